The van der Waals surface area contributed by atoms with E-state index in [-0.39, 0.29) is 53.8 Å². The van der Waals surface area contributed by atoms with Gasteiger partial charge < -0.3 is 15.4 Å². The minimum absolute atomic E-state index is 0. The molecule has 2 unspecified atom stereocenters. The molecule has 1 fully saturated rings. The first kappa shape index (κ1) is 24.0. The van der Waals surface area contributed by atoms with Crippen LogP contribution in [-0.4, -0.2) is 55.3 Å². The van der Waals surface area contributed by atoms with E-state index in [9.17, 15) is 8.78 Å². The zero-order chi connectivity index (χ0) is 19.3. The Bertz CT molecular complexity index is 632. The van der Waals surface area contributed by atoms with Crippen molar-refractivity contribution >= 4 is 29.9 Å². The minimum Gasteiger partial charge on any atom is -0.373 e. The van der Waals surface area contributed by atoms with E-state index in [1.807, 2.05) is 0 Å². The van der Waals surface area contributed by atoms with Gasteiger partial charge in [-0.05, 0) is 45.9 Å². The average Bonchev–Trinajstić information content (AvgIpc) is 2.57. The molecule has 0 amide bonds. The highest BCUT2D eigenvalue weighted by Crippen LogP contribution is 2.20. The molecule has 154 valence electrons. The van der Waals surface area contributed by atoms with Gasteiger partial charge in [0.05, 0.1) is 12.2 Å². The number of nitrogens with one attached hydrogen (secondary N) is 2. The lowest BCUT2D eigenvalue weighted by molar-refractivity contribution is -0.0946. The maximum Gasteiger partial charge on any atom is 0.191 e. The molecule has 1 aliphatic heterocycles. The zero-order valence-corrected chi connectivity index (χ0v) is 19.0. The lowest BCUT2D eigenvalue weighted by Crippen LogP contribution is -2.59. The molecule has 1 aromatic carbocycles. The summed E-state index contributed by atoms with van der Waals surface area (Å²) in [5, 5.41) is 6.32. The summed E-state index contributed by atoms with van der Waals surface area (Å²) >= 11 is 0. The monoisotopic (exact) mass is 496 g/mol. The van der Waals surface area contributed by atoms with Crippen LogP contribution in [0.1, 0.15) is 33.3 Å². The van der Waals surface area contributed by atoms with Crippen LogP contribution in [0, 0.1) is 11.6 Å². The fourth-order valence-corrected chi connectivity index (χ4v) is 3.16. The van der Waals surface area contributed by atoms with Gasteiger partial charge in [0.2, 0.25) is 0 Å². The highest BCUT2D eigenvalue weighted by atomic mass is 127. The van der Waals surface area contributed by atoms with Crippen LogP contribution >= 0.6 is 24.0 Å². The molecule has 8 heteroatoms. The molecular formula is C19H31F2IN4O. The van der Waals surface area contributed by atoms with E-state index >= 15 is 0 Å². The lowest BCUT2D eigenvalue weighted by atomic mass is 10.00. The van der Waals surface area contributed by atoms with Gasteiger partial charge in [-0.25, -0.2) is 8.78 Å². The third kappa shape index (κ3) is 7.15. The molecular weight excluding hydrogens is 465 g/mol. The third-order valence-electron chi connectivity index (χ3n) is 4.64. The molecule has 5 nitrogen and oxygen atoms in total. The predicted octanol–water partition coefficient (Wildman–Crippen LogP) is 3.14. The third-order valence-corrected chi connectivity index (χ3v) is 4.64. The van der Waals surface area contributed by atoms with Gasteiger partial charge in [-0.3, -0.25) is 9.89 Å². The summed E-state index contributed by atoms with van der Waals surface area (Å²) < 4.78 is 32.8. The highest BCUT2D eigenvalue weighted by Gasteiger charge is 2.33. The van der Waals surface area contributed by atoms with E-state index in [0.717, 1.165) is 25.2 Å². The number of aliphatic imine (C=N–C) groups is 1. The van der Waals surface area contributed by atoms with E-state index in [4.69, 9.17) is 4.74 Å². The molecule has 2 rings (SSSR count). The summed E-state index contributed by atoms with van der Waals surface area (Å²) in [4.78, 5) is 6.57. The molecule has 2 atom stereocenters. The van der Waals surface area contributed by atoms with Crippen molar-refractivity contribution in [1.82, 2.24) is 15.5 Å². The van der Waals surface area contributed by atoms with Gasteiger partial charge in [-0.15, -0.1) is 24.0 Å². The molecule has 0 saturated carbocycles. The van der Waals surface area contributed by atoms with Gasteiger partial charge in [0.15, 0.2) is 5.96 Å². The van der Waals surface area contributed by atoms with Crippen molar-refractivity contribution in [2.45, 2.75) is 52.0 Å². The van der Waals surface area contributed by atoms with Crippen LogP contribution < -0.4 is 10.6 Å². The summed E-state index contributed by atoms with van der Waals surface area (Å²) in [6.07, 6.45) is 0.401. The number of ether oxygens (including phenoxy) is 1. The molecule has 1 heterocycles. The van der Waals surface area contributed by atoms with Crippen LogP contribution in [0.25, 0.3) is 0 Å². The topological polar surface area (TPSA) is 48.9 Å². The second-order valence-corrected chi connectivity index (χ2v) is 7.49. The molecule has 0 radical (unpaired) electrons. The van der Waals surface area contributed by atoms with Crippen LogP contribution in [0.2, 0.25) is 0 Å². The maximum absolute atomic E-state index is 13.7. The maximum atomic E-state index is 13.7. The van der Waals surface area contributed by atoms with Crippen molar-refractivity contribution in [2.75, 3.05) is 26.7 Å². The molecule has 0 spiro atoms. The normalized spacial score (nSPS) is 21.5. The van der Waals surface area contributed by atoms with Crippen molar-refractivity contribution in [1.29, 1.82) is 0 Å². The lowest BCUT2D eigenvalue weighted by Gasteiger charge is -2.45. The summed E-state index contributed by atoms with van der Waals surface area (Å²) in [7, 11) is 1.66. The van der Waals surface area contributed by atoms with Gasteiger partial charge >= 0.3 is 0 Å². The summed E-state index contributed by atoms with van der Waals surface area (Å²) in [5.41, 5.74) is 0.164. The quantitative estimate of drug-likeness (QED) is 0.374. The molecule has 2 N–H and O–H groups in total. The van der Waals surface area contributed by atoms with E-state index in [2.05, 4.69) is 48.2 Å². The van der Waals surface area contributed by atoms with Crippen LogP contribution in [-0.2, 0) is 11.3 Å². The number of nitrogens with zero attached hydrogens (tertiary/aromatic N) is 2. The van der Waals surface area contributed by atoms with Crippen molar-refractivity contribution in [3.63, 3.8) is 0 Å². The van der Waals surface area contributed by atoms with Gasteiger partial charge in [0.1, 0.15) is 11.6 Å². The molecule has 1 saturated heterocycles. The fraction of sp³-hybridized carbons (Fsp3) is 0.632. The Morgan fingerprint density at radius 1 is 1.22 bits per heavy atom. The Labute approximate surface area is 178 Å². The second-order valence-electron chi connectivity index (χ2n) is 7.49. The van der Waals surface area contributed by atoms with Crippen molar-refractivity contribution in [2.24, 2.45) is 4.99 Å². The second kappa shape index (κ2) is 10.5. The molecule has 0 bridgehead atoms. The van der Waals surface area contributed by atoms with E-state index in [0.29, 0.717) is 12.5 Å². The predicted molar refractivity (Wildman–Crippen MR) is 116 cm³/mol. The Balaban J connectivity index is 0.00000364. The molecule has 1 aromatic rings. The summed E-state index contributed by atoms with van der Waals surface area (Å²) in [6.45, 7) is 11.1. The van der Waals surface area contributed by atoms with Gasteiger partial charge in [-0.1, -0.05) is 0 Å². The van der Waals surface area contributed by atoms with Crippen molar-refractivity contribution in [3.8, 4) is 0 Å². The van der Waals surface area contributed by atoms with E-state index < -0.39 is 11.6 Å². The van der Waals surface area contributed by atoms with Crippen LogP contribution in [0.4, 0.5) is 8.78 Å². The Hall–Kier alpha value is -1.00. The van der Waals surface area contributed by atoms with E-state index in [1.54, 1.807) is 7.05 Å². The number of hydrogen-bond acceptors (Lipinski definition) is 3. The number of benzene rings is 1. The average molecular weight is 496 g/mol. The number of rotatable bonds is 5. The van der Waals surface area contributed by atoms with Crippen LogP contribution in [0.3, 0.4) is 0 Å². The number of morpholine rings is 1. The first-order chi connectivity index (χ1) is 12.2. The van der Waals surface area contributed by atoms with Crippen molar-refractivity contribution in [3.05, 3.63) is 35.4 Å². The van der Waals surface area contributed by atoms with Crippen LogP contribution in [0.15, 0.2) is 23.2 Å². The highest BCUT2D eigenvalue weighted by molar-refractivity contribution is 14.0. The first-order valence-electron chi connectivity index (χ1n) is 9.00. The van der Waals surface area contributed by atoms with E-state index in [1.165, 1.54) is 6.07 Å². The Kier molecular flexibility index (Phi) is 9.36. The largest absolute Gasteiger partial charge is 0.373 e. The van der Waals surface area contributed by atoms with Gasteiger partial charge in [0.25, 0.3) is 0 Å². The van der Waals surface area contributed by atoms with Crippen LogP contribution in [0.5, 0.6) is 0 Å². The van der Waals surface area contributed by atoms with Gasteiger partial charge in [0, 0.05) is 44.3 Å². The number of halogens is 3. The number of hydrogen-bond donors (Lipinski definition) is 2. The molecule has 27 heavy (non-hydrogen) atoms. The number of guanidine groups is 1. The molecule has 0 aliphatic carbocycles. The Morgan fingerprint density at radius 2 is 1.85 bits per heavy atom. The zero-order valence-electron chi connectivity index (χ0n) is 16.7. The molecule has 0 aromatic heterocycles. The SMILES string of the molecule is CN=C(NCc1cc(F)ccc1F)NCC(C)(C)N1CC(C)OC(C)C1.I. The summed E-state index contributed by atoms with van der Waals surface area (Å²) in [5.74, 6) is -0.343. The van der Waals surface area contributed by atoms with Crippen molar-refractivity contribution < 1.29 is 13.5 Å². The minimum atomic E-state index is -0.456. The first-order valence-corrected chi connectivity index (χ1v) is 9.00. The summed E-state index contributed by atoms with van der Waals surface area (Å²) in [6, 6.07) is 3.43. The standard InChI is InChI=1S/C19H30F2N4O.HI/c1-13-10-25(11-14(2)26-13)19(3,4)12-24-18(22-5)23-9-15-8-16(20)6-7-17(15)21;/h6-8,13-14H,9-12H2,1-5H3,(H2,22,23,24);1H. The smallest absolute Gasteiger partial charge is 0.191 e. The fourth-order valence-electron chi connectivity index (χ4n) is 3.16. The molecule has 1 aliphatic rings. The Morgan fingerprint density at radius 3 is 2.44 bits per heavy atom. The van der Waals surface area contributed by atoms with Gasteiger partial charge in [-0.2, -0.15) is 0 Å².